The van der Waals surface area contributed by atoms with E-state index >= 15 is 0 Å². The van der Waals surface area contributed by atoms with Crippen LogP contribution in [0, 0.1) is 21.4 Å². The van der Waals surface area contributed by atoms with Gasteiger partial charge in [-0.2, -0.15) is 5.26 Å². The number of nitrogens with zero attached hydrogens (tertiary/aromatic N) is 4. The van der Waals surface area contributed by atoms with Crippen LogP contribution >= 0.6 is 11.8 Å². The zero-order valence-electron chi connectivity index (χ0n) is 16.9. The van der Waals surface area contributed by atoms with E-state index in [1.807, 2.05) is 0 Å². The third kappa shape index (κ3) is 4.89. The van der Waals surface area contributed by atoms with E-state index < -0.39 is 16.1 Å². The van der Waals surface area contributed by atoms with E-state index in [1.54, 1.807) is 54.6 Å². The van der Waals surface area contributed by atoms with Gasteiger partial charge >= 0.3 is 0 Å². The van der Waals surface area contributed by atoms with Gasteiger partial charge in [0.05, 0.1) is 28.0 Å². The smallest absolute Gasteiger partial charge is 0.293 e. The fourth-order valence-electron chi connectivity index (χ4n) is 3.02. The summed E-state index contributed by atoms with van der Waals surface area (Å²) in [6, 6.07) is 18.3. The van der Waals surface area contributed by atoms with E-state index in [1.165, 1.54) is 12.1 Å². The molecule has 1 aliphatic heterocycles. The van der Waals surface area contributed by atoms with Crippen LogP contribution in [-0.2, 0) is 11.3 Å². The lowest BCUT2D eigenvalue weighted by atomic mass is 10.1. The Morgan fingerprint density at radius 1 is 1.12 bits per heavy atom. The highest BCUT2D eigenvalue weighted by atomic mass is 32.2. The molecule has 0 saturated carbocycles. The second kappa shape index (κ2) is 9.33. The molecule has 0 N–H and O–H groups in total. The number of ether oxygens (including phenoxy) is 1. The summed E-state index contributed by atoms with van der Waals surface area (Å²) in [4.78, 5) is 40.6. The minimum absolute atomic E-state index is 0.0285. The molecule has 9 nitrogen and oxygen atoms in total. The van der Waals surface area contributed by atoms with E-state index in [-0.39, 0.29) is 23.0 Å². The molecule has 1 aromatic heterocycles. The van der Waals surface area contributed by atoms with Crippen molar-refractivity contribution in [2.45, 2.75) is 6.54 Å². The van der Waals surface area contributed by atoms with Crippen molar-refractivity contribution >= 4 is 34.7 Å². The number of nitriles is 1. The number of benzene rings is 2. The molecule has 0 bridgehead atoms. The SMILES string of the molecule is N#Cc1ccccc1CN1C(=O)S/C(=C/c2ccc(Oc3ccc([N+](=O)[O-])cn3)cc2)C1=O. The molecule has 33 heavy (non-hydrogen) atoms. The van der Waals surface area contributed by atoms with Crippen LogP contribution < -0.4 is 4.74 Å². The Kier molecular flexibility index (Phi) is 6.15. The van der Waals surface area contributed by atoms with Gasteiger partial charge < -0.3 is 4.74 Å². The molecule has 0 spiro atoms. The molecule has 2 amide bonds. The van der Waals surface area contributed by atoms with Crippen molar-refractivity contribution in [3.8, 4) is 17.7 Å². The molecular formula is C23H14N4O5S. The number of amides is 2. The number of aromatic nitrogens is 1. The first-order valence-electron chi connectivity index (χ1n) is 9.56. The molecule has 2 aromatic carbocycles. The number of nitro groups is 1. The van der Waals surface area contributed by atoms with Crippen molar-refractivity contribution in [2.75, 3.05) is 0 Å². The number of thioether (sulfide) groups is 1. The minimum atomic E-state index is -0.546. The van der Waals surface area contributed by atoms with Crippen molar-refractivity contribution in [3.05, 3.63) is 98.6 Å². The van der Waals surface area contributed by atoms with Gasteiger partial charge in [0.1, 0.15) is 11.9 Å². The van der Waals surface area contributed by atoms with Crippen molar-refractivity contribution in [1.82, 2.24) is 9.88 Å². The Morgan fingerprint density at radius 3 is 2.55 bits per heavy atom. The molecule has 3 aromatic rings. The molecule has 10 heteroatoms. The lowest BCUT2D eigenvalue weighted by Crippen LogP contribution is -2.27. The van der Waals surface area contributed by atoms with Crippen LogP contribution in [0.5, 0.6) is 11.6 Å². The molecule has 1 aliphatic rings. The first-order chi connectivity index (χ1) is 15.9. The van der Waals surface area contributed by atoms with Gasteiger partial charge in [0, 0.05) is 12.1 Å². The fraction of sp³-hybridized carbons (Fsp3) is 0.0435. The van der Waals surface area contributed by atoms with Crippen LogP contribution in [-0.4, -0.2) is 26.0 Å². The van der Waals surface area contributed by atoms with Gasteiger partial charge in [0.2, 0.25) is 5.88 Å². The van der Waals surface area contributed by atoms with E-state index in [0.717, 1.165) is 22.9 Å². The maximum atomic E-state index is 12.8. The highest BCUT2D eigenvalue weighted by Gasteiger charge is 2.35. The molecule has 0 radical (unpaired) electrons. The van der Waals surface area contributed by atoms with Gasteiger partial charge in [-0.1, -0.05) is 30.3 Å². The van der Waals surface area contributed by atoms with Crippen molar-refractivity contribution in [1.29, 1.82) is 5.26 Å². The molecule has 0 aliphatic carbocycles. The van der Waals surface area contributed by atoms with Crippen LogP contribution in [0.3, 0.4) is 0 Å². The van der Waals surface area contributed by atoms with Crippen molar-refractivity contribution < 1.29 is 19.2 Å². The van der Waals surface area contributed by atoms with Crippen LogP contribution in [0.2, 0.25) is 0 Å². The maximum Gasteiger partial charge on any atom is 0.293 e. The zero-order chi connectivity index (χ0) is 23.4. The maximum absolute atomic E-state index is 12.8. The summed E-state index contributed by atoms with van der Waals surface area (Å²) < 4.78 is 5.57. The van der Waals surface area contributed by atoms with Crippen LogP contribution in [0.1, 0.15) is 16.7 Å². The second-order valence-corrected chi connectivity index (χ2v) is 7.81. The summed E-state index contributed by atoms with van der Waals surface area (Å²) in [7, 11) is 0. The first-order valence-corrected chi connectivity index (χ1v) is 10.4. The summed E-state index contributed by atoms with van der Waals surface area (Å²) in [6.45, 7) is 0.0285. The Balaban J connectivity index is 1.45. The number of hydrogen-bond donors (Lipinski definition) is 0. The molecule has 1 saturated heterocycles. The van der Waals surface area contributed by atoms with Crippen molar-refractivity contribution in [3.63, 3.8) is 0 Å². The quantitative estimate of drug-likeness (QED) is 0.290. The largest absolute Gasteiger partial charge is 0.439 e. The number of carbonyl (C=O) groups is 2. The van der Waals surface area contributed by atoms with Gasteiger partial charge in [-0.25, -0.2) is 4.98 Å². The molecular weight excluding hydrogens is 444 g/mol. The number of imide groups is 1. The summed E-state index contributed by atoms with van der Waals surface area (Å²) in [5.74, 6) is 0.231. The first kappa shape index (κ1) is 21.7. The van der Waals surface area contributed by atoms with Crippen molar-refractivity contribution in [2.24, 2.45) is 0 Å². The Bertz CT molecular complexity index is 1310. The molecule has 1 fully saturated rings. The Hall–Kier alpha value is -4.49. The van der Waals surface area contributed by atoms with Crippen LogP contribution in [0.4, 0.5) is 10.5 Å². The Morgan fingerprint density at radius 2 is 1.88 bits per heavy atom. The van der Waals surface area contributed by atoms with Gasteiger partial charge in [-0.05, 0) is 47.2 Å². The number of hydrogen-bond acceptors (Lipinski definition) is 8. The van der Waals surface area contributed by atoms with Crippen LogP contribution in [0.15, 0.2) is 71.8 Å². The average Bonchev–Trinajstić information content (AvgIpc) is 3.08. The van der Waals surface area contributed by atoms with Gasteiger partial charge in [-0.15, -0.1) is 0 Å². The molecule has 0 atom stereocenters. The highest BCUT2D eigenvalue weighted by molar-refractivity contribution is 8.18. The minimum Gasteiger partial charge on any atom is -0.439 e. The van der Waals surface area contributed by atoms with E-state index in [9.17, 15) is 25.0 Å². The standard InChI is InChI=1S/C23H14N4O5S/c24-12-16-3-1-2-4-17(16)14-26-22(28)20(33-23(26)29)11-15-5-8-19(9-6-15)32-21-10-7-18(13-25-21)27(30)31/h1-11,13H,14H2/b20-11+. The highest BCUT2D eigenvalue weighted by Crippen LogP contribution is 2.34. The second-order valence-electron chi connectivity index (χ2n) is 6.82. The van der Waals surface area contributed by atoms with Gasteiger partial charge in [0.15, 0.2) is 0 Å². The average molecular weight is 458 g/mol. The molecule has 0 unspecified atom stereocenters. The molecule has 4 rings (SSSR count). The van der Waals surface area contributed by atoms with E-state index in [4.69, 9.17) is 4.74 Å². The van der Waals surface area contributed by atoms with Gasteiger partial charge in [0.25, 0.3) is 16.8 Å². The van der Waals surface area contributed by atoms with E-state index in [0.29, 0.717) is 22.4 Å². The third-order valence-corrected chi connectivity index (χ3v) is 5.58. The lowest BCUT2D eigenvalue weighted by Gasteiger charge is -2.13. The normalized spacial score (nSPS) is 14.4. The summed E-state index contributed by atoms with van der Waals surface area (Å²) in [6.07, 6.45) is 2.71. The zero-order valence-corrected chi connectivity index (χ0v) is 17.7. The monoisotopic (exact) mass is 458 g/mol. The van der Waals surface area contributed by atoms with Gasteiger partial charge in [-0.3, -0.25) is 24.6 Å². The fourth-order valence-corrected chi connectivity index (χ4v) is 3.86. The Labute approximate surface area is 192 Å². The topological polar surface area (TPSA) is 126 Å². The van der Waals surface area contributed by atoms with E-state index in [2.05, 4.69) is 11.1 Å². The molecule has 162 valence electrons. The predicted molar refractivity (Wildman–Crippen MR) is 120 cm³/mol. The van der Waals surface area contributed by atoms with Crippen LogP contribution in [0.25, 0.3) is 6.08 Å². The number of carbonyl (C=O) groups excluding carboxylic acids is 2. The third-order valence-electron chi connectivity index (χ3n) is 4.67. The predicted octanol–water partition coefficient (Wildman–Crippen LogP) is 4.89. The molecule has 2 heterocycles. The number of pyridine rings is 1. The summed E-state index contributed by atoms with van der Waals surface area (Å²) in [5.41, 5.74) is 1.56. The summed E-state index contributed by atoms with van der Waals surface area (Å²) in [5, 5.41) is 19.5. The lowest BCUT2D eigenvalue weighted by molar-refractivity contribution is -0.385. The number of rotatable bonds is 6. The summed E-state index contributed by atoms with van der Waals surface area (Å²) >= 11 is 0.839.